The summed E-state index contributed by atoms with van der Waals surface area (Å²) in [6, 6.07) is 7.74. The molecular formula is C19H28N2O4. The van der Waals surface area contributed by atoms with Crippen LogP contribution in [0.2, 0.25) is 0 Å². The number of rotatable bonds is 9. The number of nitrogens with zero attached hydrogens (tertiary/aromatic N) is 1. The third kappa shape index (κ3) is 5.83. The number of ether oxygens (including phenoxy) is 1. The lowest BCUT2D eigenvalue weighted by Gasteiger charge is -2.33. The number of carbonyl (C=O) groups excluding carboxylic acids is 2. The second kappa shape index (κ2) is 10.2. The molecular weight excluding hydrogens is 320 g/mol. The minimum Gasteiger partial charge on any atom is -0.394 e. The minimum atomic E-state index is -0.00000967. The van der Waals surface area contributed by atoms with E-state index in [0.29, 0.717) is 26.2 Å². The maximum Gasteiger partial charge on any atom is 0.223 e. The molecule has 2 N–H and O–H groups in total. The second-order valence-electron chi connectivity index (χ2n) is 6.21. The molecule has 0 saturated carbocycles. The summed E-state index contributed by atoms with van der Waals surface area (Å²) in [4.78, 5) is 26.1. The molecule has 2 rings (SSSR count). The van der Waals surface area contributed by atoms with Gasteiger partial charge in [0.15, 0.2) is 5.78 Å². The molecule has 25 heavy (non-hydrogen) atoms. The summed E-state index contributed by atoms with van der Waals surface area (Å²) in [5.74, 6) is 0.274. The number of benzene rings is 1. The third-order valence-corrected chi connectivity index (χ3v) is 4.52. The van der Waals surface area contributed by atoms with Gasteiger partial charge in [0.05, 0.1) is 19.8 Å². The lowest BCUT2D eigenvalue weighted by atomic mass is 9.95. The van der Waals surface area contributed by atoms with Gasteiger partial charge in [-0.3, -0.25) is 9.59 Å². The van der Waals surface area contributed by atoms with Crippen molar-refractivity contribution in [2.24, 2.45) is 5.92 Å². The smallest absolute Gasteiger partial charge is 0.223 e. The van der Waals surface area contributed by atoms with E-state index in [0.717, 1.165) is 37.2 Å². The largest absolute Gasteiger partial charge is 0.394 e. The Morgan fingerprint density at radius 1 is 1.20 bits per heavy atom. The minimum absolute atomic E-state index is 0.00000967. The first kappa shape index (κ1) is 19.4. The van der Waals surface area contributed by atoms with Crippen LogP contribution in [0, 0.1) is 5.92 Å². The number of amides is 1. The average Bonchev–Trinajstić information content (AvgIpc) is 2.67. The van der Waals surface area contributed by atoms with E-state index in [-0.39, 0.29) is 24.2 Å². The summed E-state index contributed by atoms with van der Waals surface area (Å²) >= 11 is 0. The zero-order chi connectivity index (χ0) is 18.1. The molecule has 1 saturated heterocycles. The van der Waals surface area contributed by atoms with Gasteiger partial charge in [-0.25, -0.2) is 0 Å². The van der Waals surface area contributed by atoms with Crippen LogP contribution < -0.4 is 10.2 Å². The molecule has 1 aromatic rings. The Labute approximate surface area is 149 Å². The van der Waals surface area contributed by atoms with E-state index in [9.17, 15) is 9.59 Å². The number of aliphatic hydroxyl groups is 1. The molecule has 6 nitrogen and oxygen atoms in total. The van der Waals surface area contributed by atoms with Gasteiger partial charge < -0.3 is 20.1 Å². The summed E-state index contributed by atoms with van der Waals surface area (Å²) < 4.78 is 5.13. The van der Waals surface area contributed by atoms with Gasteiger partial charge >= 0.3 is 0 Å². The molecule has 0 aromatic heterocycles. The van der Waals surface area contributed by atoms with E-state index < -0.39 is 0 Å². The number of ketones is 1. The van der Waals surface area contributed by atoms with Crippen LogP contribution in [0.3, 0.4) is 0 Å². The van der Waals surface area contributed by atoms with E-state index in [2.05, 4.69) is 10.2 Å². The molecule has 1 amide bonds. The quantitative estimate of drug-likeness (QED) is 0.524. The van der Waals surface area contributed by atoms with Crippen molar-refractivity contribution in [3.8, 4) is 0 Å². The highest BCUT2D eigenvalue weighted by atomic mass is 16.5. The van der Waals surface area contributed by atoms with E-state index in [1.54, 1.807) is 0 Å². The number of hydrogen-bond donors (Lipinski definition) is 2. The SMILES string of the molecule is CCC(=O)c1ccc(N2CCC(C(=O)NCCOCCO)CC2)cc1. The first-order chi connectivity index (χ1) is 12.2. The summed E-state index contributed by atoms with van der Waals surface area (Å²) in [5, 5.41) is 11.5. The van der Waals surface area contributed by atoms with Crippen LogP contribution in [-0.2, 0) is 9.53 Å². The maximum atomic E-state index is 12.2. The van der Waals surface area contributed by atoms with Crippen LogP contribution in [0.4, 0.5) is 5.69 Å². The molecule has 1 aliphatic rings. The second-order valence-corrected chi connectivity index (χ2v) is 6.21. The molecule has 0 spiro atoms. The van der Waals surface area contributed by atoms with Crippen molar-refractivity contribution >= 4 is 17.4 Å². The number of aliphatic hydroxyl groups excluding tert-OH is 1. The van der Waals surface area contributed by atoms with E-state index >= 15 is 0 Å². The Hall–Kier alpha value is -1.92. The Morgan fingerprint density at radius 3 is 2.48 bits per heavy atom. The number of carbonyl (C=O) groups is 2. The monoisotopic (exact) mass is 348 g/mol. The number of anilines is 1. The Morgan fingerprint density at radius 2 is 1.88 bits per heavy atom. The van der Waals surface area contributed by atoms with Crippen LogP contribution in [0.5, 0.6) is 0 Å². The van der Waals surface area contributed by atoms with Gasteiger partial charge in [0.1, 0.15) is 0 Å². The Balaban J connectivity index is 1.75. The lowest BCUT2D eigenvalue weighted by molar-refractivity contribution is -0.125. The lowest BCUT2D eigenvalue weighted by Crippen LogP contribution is -2.41. The number of Topliss-reactive ketones (excluding diaryl/α,β-unsaturated/α-hetero) is 1. The first-order valence-corrected chi connectivity index (χ1v) is 9.00. The fourth-order valence-corrected chi connectivity index (χ4v) is 3.02. The van der Waals surface area contributed by atoms with Crippen LogP contribution >= 0.6 is 0 Å². The fraction of sp³-hybridized carbons (Fsp3) is 0.579. The molecule has 138 valence electrons. The van der Waals surface area contributed by atoms with Crippen LogP contribution in [0.15, 0.2) is 24.3 Å². The van der Waals surface area contributed by atoms with Crippen LogP contribution in [0.1, 0.15) is 36.5 Å². The summed E-state index contributed by atoms with van der Waals surface area (Å²) in [5.41, 5.74) is 1.85. The summed E-state index contributed by atoms with van der Waals surface area (Å²) in [7, 11) is 0. The van der Waals surface area contributed by atoms with Gasteiger partial charge in [-0.15, -0.1) is 0 Å². The average molecular weight is 348 g/mol. The van der Waals surface area contributed by atoms with Gasteiger partial charge in [-0.05, 0) is 37.1 Å². The number of hydrogen-bond acceptors (Lipinski definition) is 5. The van der Waals surface area contributed by atoms with Crippen molar-refractivity contribution in [3.05, 3.63) is 29.8 Å². The highest BCUT2D eigenvalue weighted by Crippen LogP contribution is 2.24. The number of nitrogens with one attached hydrogen (secondary N) is 1. The number of piperidine rings is 1. The molecule has 1 aliphatic heterocycles. The molecule has 1 fully saturated rings. The van der Waals surface area contributed by atoms with Gasteiger partial charge in [0, 0.05) is 43.2 Å². The van der Waals surface area contributed by atoms with Crippen molar-refractivity contribution in [1.29, 1.82) is 0 Å². The van der Waals surface area contributed by atoms with Gasteiger partial charge in [0.25, 0.3) is 0 Å². The normalized spacial score (nSPS) is 15.2. The van der Waals surface area contributed by atoms with Gasteiger partial charge in [-0.2, -0.15) is 0 Å². The molecule has 0 unspecified atom stereocenters. The van der Waals surface area contributed by atoms with Crippen molar-refractivity contribution < 1.29 is 19.4 Å². The van der Waals surface area contributed by atoms with Crippen LogP contribution in [-0.4, -0.2) is 56.3 Å². The zero-order valence-electron chi connectivity index (χ0n) is 14.9. The predicted octanol–water partition coefficient (Wildman–Crippen LogP) is 1.62. The summed E-state index contributed by atoms with van der Waals surface area (Å²) in [6.45, 7) is 4.74. The third-order valence-electron chi connectivity index (χ3n) is 4.52. The van der Waals surface area contributed by atoms with Crippen molar-refractivity contribution in [1.82, 2.24) is 5.32 Å². The van der Waals surface area contributed by atoms with Crippen LogP contribution in [0.25, 0.3) is 0 Å². The van der Waals surface area contributed by atoms with Crippen molar-refractivity contribution in [2.45, 2.75) is 26.2 Å². The van der Waals surface area contributed by atoms with Gasteiger partial charge in [-0.1, -0.05) is 6.92 Å². The predicted molar refractivity (Wildman–Crippen MR) is 96.9 cm³/mol. The van der Waals surface area contributed by atoms with Gasteiger partial charge in [0.2, 0.25) is 5.91 Å². The van der Waals surface area contributed by atoms with E-state index in [1.165, 1.54) is 0 Å². The molecule has 1 heterocycles. The van der Waals surface area contributed by atoms with E-state index in [4.69, 9.17) is 9.84 Å². The molecule has 6 heteroatoms. The molecule has 1 aromatic carbocycles. The molecule has 0 radical (unpaired) electrons. The first-order valence-electron chi connectivity index (χ1n) is 9.00. The molecule has 0 aliphatic carbocycles. The van der Waals surface area contributed by atoms with E-state index in [1.807, 2.05) is 31.2 Å². The van der Waals surface area contributed by atoms with Crippen molar-refractivity contribution in [2.75, 3.05) is 44.4 Å². The zero-order valence-corrected chi connectivity index (χ0v) is 14.9. The standard InChI is InChI=1S/C19H28N2O4/c1-2-18(23)15-3-5-17(6-4-15)21-10-7-16(8-11-21)19(24)20-9-13-25-14-12-22/h3-6,16,22H,2,7-14H2,1H3,(H,20,24). The van der Waals surface area contributed by atoms with Crippen molar-refractivity contribution in [3.63, 3.8) is 0 Å². The Kier molecular flexibility index (Phi) is 7.88. The fourth-order valence-electron chi connectivity index (χ4n) is 3.02. The Bertz CT molecular complexity index is 551. The molecule has 0 bridgehead atoms. The maximum absolute atomic E-state index is 12.2. The highest BCUT2D eigenvalue weighted by Gasteiger charge is 2.24. The topological polar surface area (TPSA) is 78.9 Å². The highest BCUT2D eigenvalue weighted by molar-refractivity contribution is 5.96. The molecule has 0 atom stereocenters. The summed E-state index contributed by atoms with van der Waals surface area (Å²) in [6.07, 6.45) is 2.16.